The van der Waals surface area contributed by atoms with Crippen LogP contribution < -0.4 is 17.0 Å². The molecule has 0 fully saturated rings. The Morgan fingerprint density at radius 2 is 2.03 bits per heavy atom. The number of allylic oxidation sites excluding steroid dienone is 1. The molecule has 0 radical (unpaired) electrons. The van der Waals surface area contributed by atoms with Crippen molar-refractivity contribution >= 4 is 33.0 Å². The molecule has 0 aliphatic carbocycles. The van der Waals surface area contributed by atoms with E-state index in [-0.39, 0.29) is 12.1 Å². The lowest BCUT2D eigenvalue weighted by Crippen LogP contribution is -2.14. The van der Waals surface area contributed by atoms with Gasteiger partial charge in [0.15, 0.2) is 0 Å². The van der Waals surface area contributed by atoms with Crippen LogP contribution in [0.15, 0.2) is 58.6 Å². The zero-order valence-electron chi connectivity index (χ0n) is 17.7. The van der Waals surface area contributed by atoms with Gasteiger partial charge in [-0.1, -0.05) is 6.07 Å². The summed E-state index contributed by atoms with van der Waals surface area (Å²) in [6.45, 7) is 2.10. The van der Waals surface area contributed by atoms with Crippen LogP contribution in [0.1, 0.15) is 27.9 Å². The number of nitrogens with zero attached hydrogens (tertiary/aromatic N) is 4. The molecule has 0 atom stereocenters. The second kappa shape index (κ2) is 8.41. The Balaban J connectivity index is 1.94. The molecule has 8 nitrogen and oxygen atoms in total. The molecular formula is C24H21N7O. The third-order valence-corrected chi connectivity index (χ3v) is 5.39. The standard InChI is InChI=1S/C24H21N7O/c1-13-7-17-20(10-26)15(5-6-21(17)29-12-13)23(28-2)19(9-25)14-3-4-16-18(8-14)22(11-27)30-31-24(16)32/h3-9,12H,11,25,27H2,1-2H3,(H,31,32)/b19-9-,28-23?. The predicted molar refractivity (Wildman–Crippen MR) is 126 cm³/mol. The quantitative estimate of drug-likeness (QED) is 0.430. The topological polar surface area (TPSA) is 147 Å². The largest absolute Gasteiger partial charge is 0.404 e. The van der Waals surface area contributed by atoms with Gasteiger partial charge in [0.05, 0.1) is 27.9 Å². The van der Waals surface area contributed by atoms with Gasteiger partial charge in [0.25, 0.3) is 5.56 Å². The molecule has 5 N–H and O–H groups in total. The number of rotatable bonds is 4. The van der Waals surface area contributed by atoms with Gasteiger partial charge in [0.2, 0.25) is 0 Å². The van der Waals surface area contributed by atoms with Crippen LogP contribution in [-0.2, 0) is 6.54 Å². The number of pyridine rings is 1. The summed E-state index contributed by atoms with van der Waals surface area (Å²) in [5, 5.41) is 18.4. The summed E-state index contributed by atoms with van der Waals surface area (Å²) < 4.78 is 0. The molecule has 0 bridgehead atoms. The Morgan fingerprint density at radius 1 is 1.22 bits per heavy atom. The highest BCUT2D eigenvalue weighted by molar-refractivity contribution is 6.33. The molecule has 0 aliphatic heterocycles. The number of aromatic nitrogens is 3. The lowest BCUT2D eigenvalue weighted by molar-refractivity contribution is 0.900. The summed E-state index contributed by atoms with van der Waals surface area (Å²) in [5.41, 5.74) is 16.8. The minimum atomic E-state index is -0.296. The molecule has 4 aromatic rings. The maximum absolute atomic E-state index is 12.2. The minimum absolute atomic E-state index is 0.169. The smallest absolute Gasteiger partial charge is 0.272 e. The Morgan fingerprint density at radius 3 is 2.72 bits per heavy atom. The van der Waals surface area contributed by atoms with Crippen molar-refractivity contribution in [1.29, 1.82) is 5.26 Å². The van der Waals surface area contributed by atoms with Crippen LogP contribution >= 0.6 is 0 Å². The number of nitrogens with one attached hydrogen (secondary N) is 1. The summed E-state index contributed by atoms with van der Waals surface area (Å²) in [6, 6.07) is 13.3. The van der Waals surface area contributed by atoms with E-state index in [1.54, 1.807) is 25.4 Å². The Hall–Kier alpha value is -4.35. The van der Waals surface area contributed by atoms with Crippen molar-refractivity contribution in [3.05, 3.63) is 87.1 Å². The van der Waals surface area contributed by atoms with Crippen molar-refractivity contribution in [3.8, 4) is 6.07 Å². The molecule has 2 aromatic heterocycles. The van der Waals surface area contributed by atoms with E-state index in [4.69, 9.17) is 11.5 Å². The van der Waals surface area contributed by atoms with E-state index in [0.717, 1.165) is 22.0 Å². The molecule has 0 saturated carbocycles. The fourth-order valence-corrected chi connectivity index (χ4v) is 3.86. The molecule has 0 amide bonds. The fourth-order valence-electron chi connectivity index (χ4n) is 3.86. The van der Waals surface area contributed by atoms with Gasteiger partial charge in [-0.25, -0.2) is 5.10 Å². The zero-order chi connectivity index (χ0) is 22.8. The van der Waals surface area contributed by atoms with E-state index in [1.165, 1.54) is 6.20 Å². The van der Waals surface area contributed by atoms with Gasteiger partial charge >= 0.3 is 0 Å². The Kier molecular flexibility index (Phi) is 5.50. The average Bonchev–Trinajstić information content (AvgIpc) is 2.81. The molecule has 158 valence electrons. The summed E-state index contributed by atoms with van der Waals surface area (Å²) in [6.07, 6.45) is 3.22. The Labute approximate surface area is 183 Å². The number of hydrogen-bond donors (Lipinski definition) is 3. The lowest BCUT2D eigenvalue weighted by Gasteiger charge is -2.15. The number of aryl methyl sites for hydroxylation is 1. The maximum atomic E-state index is 12.2. The van der Waals surface area contributed by atoms with E-state index in [2.05, 4.69) is 26.2 Å². The molecule has 4 rings (SSSR count). The zero-order valence-corrected chi connectivity index (χ0v) is 17.7. The summed E-state index contributed by atoms with van der Waals surface area (Å²) in [5.74, 6) is 0. The number of H-pyrrole nitrogens is 1. The molecular weight excluding hydrogens is 402 g/mol. The predicted octanol–water partition coefficient (Wildman–Crippen LogP) is 2.53. The van der Waals surface area contributed by atoms with Crippen molar-refractivity contribution in [2.24, 2.45) is 16.5 Å². The first kappa shape index (κ1) is 20.9. The molecule has 0 spiro atoms. The van der Waals surface area contributed by atoms with E-state index in [0.29, 0.717) is 38.9 Å². The molecule has 0 aliphatic rings. The van der Waals surface area contributed by atoms with Gasteiger partial charge in [-0.15, -0.1) is 0 Å². The highest BCUT2D eigenvalue weighted by atomic mass is 16.1. The Bertz CT molecular complexity index is 1520. The number of fused-ring (bicyclic) bond motifs is 2. The average molecular weight is 423 g/mol. The number of nitrogens with two attached hydrogens (primary N) is 2. The monoisotopic (exact) mass is 423 g/mol. The highest BCUT2D eigenvalue weighted by Gasteiger charge is 2.19. The number of benzene rings is 2. The van der Waals surface area contributed by atoms with Crippen molar-refractivity contribution in [2.75, 3.05) is 7.05 Å². The molecule has 32 heavy (non-hydrogen) atoms. The van der Waals surface area contributed by atoms with Crippen LogP contribution in [0.25, 0.3) is 27.2 Å². The van der Waals surface area contributed by atoms with Gasteiger partial charge in [0, 0.05) is 47.9 Å². The molecule has 0 unspecified atom stereocenters. The minimum Gasteiger partial charge on any atom is -0.404 e. The van der Waals surface area contributed by atoms with Crippen LogP contribution in [0.4, 0.5) is 0 Å². The van der Waals surface area contributed by atoms with Gasteiger partial charge in [-0.05, 0) is 48.4 Å². The SMILES string of the molecule is CN=C(/C(=C\N)c1ccc2c(=O)[nH]nc(CN)c2c1)c1ccc2ncc(C)cc2c1C#N. The summed E-state index contributed by atoms with van der Waals surface area (Å²) >= 11 is 0. The van der Waals surface area contributed by atoms with Crippen LogP contribution in [0.3, 0.4) is 0 Å². The lowest BCUT2D eigenvalue weighted by atomic mass is 9.90. The first-order valence-corrected chi connectivity index (χ1v) is 9.93. The van der Waals surface area contributed by atoms with Gasteiger partial charge in [-0.3, -0.25) is 14.8 Å². The number of hydrogen-bond acceptors (Lipinski definition) is 7. The third-order valence-electron chi connectivity index (χ3n) is 5.39. The van der Waals surface area contributed by atoms with Crippen molar-refractivity contribution in [1.82, 2.24) is 15.2 Å². The molecule has 8 heteroatoms. The second-order valence-corrected chi connectivity index (χ2v) is 7.30. The van der Waals surface area contributed by atoms with E-state index < -0.39 is 0 Å². The van der Waals surface area contributed by atoms with E-state index in [1.807, 2.05) is 31.2 Å². The van der Waals surface area contributed by atoms with Gasteiger partial charge < -0.3 is 11.5 Å². The van der Waals surface area contributed by atoms with Crippen molar-refractivity contribution in [2.45, 2.75) is 13.5 Å². The summed E-state index contributed by atoms with van der Waals surface area (Å²) in [4.78, 5) is 21.1. The van der Waals surface area contributed by atoms with Crippen LogP contribution in [0.2, 0.25) is 0 Å². The first-order chi connectivity index (χ1) is 15.5. The van der Waals surface area contributed by atoms with Gasteiger partial charge in [-0.2, -0.15) is 10.4 Å². The molecule has 0 saturated heterocycles. The molecule has 2 aromatic carbocycles. The third kappa shape index (κ3) is 3.41. The molecule has 2 heterocycles. The van der Waals surface area contributed by atoms with Crippen LogP contribution in [-0.4, -0.2) is 27.9 Å². The van der Waals surface area contributed by atoms with E-state index in [9.17, 15) is 10.1 Å². The van der Waals surface area contributed by atoms with Crippen molar-refractivity contribution < 1.29 is 0 Å². The fraction of sp³-hybridized carbons (Fsp3) is 0.125. The first-order valence-electron chi connectivity index (χ1n) is 9.93. The number of nitriles is 1. The van der Waals surface area contributed by atoms with Crippen LogP contribution in [0.5, 0.6) is 0 Å². The normalized spacial score (nSPS) is 12.3. The highest BCUT2D eigenvalue weighted by Crippen LogP contribution is 2.28. The summed E-state index contributed by atoms with van der Waals surface area (Å²) in [7, 11) is 1.65. The maximum Gasteiger partial charge on any atom is 0.272 e. The number of aromatic amines is 1. The number of aliphatic imine (C=N–C) groups is 1. The van der Waals surface area contributed by atoms with E-state index >= 15 is 0 Å². The second-order valence-electron chi connectivity index (χ2n) is 7.30. The van der Waals surface area contributed by atoms with Crippen LogP contribution in [0, 0.1) is 18.3 Å². The van der Waals surface area contributed by atoms with Crippen molar-refractivity contribution in [3.63, 3.8) is 0 Å². The van der Waals surface area contributed by atoms with Gasteiger partial charge in [0.1, 0.15) is 6.07 Å².